The molecule has 0 aliphatic heterocycles. The normalized spacial score (nSPS) is 12.3. The maximum atomic E-state index is 12.2. The van der Waals surface area contributed by atoms with Crippen molar-refractivity contribution in [2.24, 2.45) is 0 Å². The van der Waals surface area contributed by atoms with Gasteiger partial charge in [-0.25, -0.2) is 0 Å². The van der Waals surface area contributed by atoms with Gasteiger partial charge < -0.3 is 10.1 Å². The standard InChI is InChI=1S/C15H13ClF2INO/c1-9(20-14-6-5-11(16)8-13(14)19)10-3-2-4-12(7-10)21-15(17)18/h2-9,15,20H,1H3. The van der Waals surface area contributed by atoms with Crippen molar-refractivity contribution in [1.29, 1.82) is 0 Å². The summed E-state index contributed by atoms with van der Waals surface area (Å²) in [6, 6.07) is 12.2. The van der Waals surface area contributed by atoms with Crippen LogP contribution in [0.1, 0.15) is 18.5 Å². The third-order valence-corrected chi connectivity index (χ3v) is 4.01. The van der Waals surface area contributed by atoms with Crippen molar-refractivity contribution in [3.05, 3.63) is 56.6 Å². The van der Waals surface area contributed by atoms with Crippen LogP contribution in [0.25, 0.3) is 0 Å². The second-order valence-electron chi connectivity index (χ2n) is 4.44. The summed E-state index contributed by atoms with van der Waals surface area (Å²) in [5.74, 6) is 0.155. The Hall–Kier alpha value is -1.08. The van der Waals surface area contributed by atoms with Gasteiger partial charge in [-0.15, -0.1) is 0 Å². The smallest absolute Gasteiger partial charge is 0.387 e. The van der Waals surface area contributed by atoms with E-state index in [-0.39, 0.29) is 11.8 Å². The Kier molecular flexibility index (Phi) is 5.64. The number of halogens is 4. The highest BCUT2D eigenvalue weighted by Crippen LogP contribution is 2.27. The Morgan fingerprint density at radius 3 is 2.62 bits per heavy atom. The lowest BCUT2D eigenvalue weighted by Crippen LogP contribution is -2.08. The van der Waals surface area contributed by atoms with Crippen LogP contribution < -0.4 is 10.1 Å². The molecule has 1 atom stereocenters. The van der Waals surface area contributed by atoms with Crippen LogP contribution in [0.2, 0.25) is 5.02 Å². The molecule has 0 amide bonds. The van der Waals surface area contributed by atoms with Crippen LogP contribution in [0, 0.1) is 3.57 Å². The van der Waals surface area contributed by atoms with Crippen molar-refractivity contribution >= 4 is 39.9 Å². The van der Waals surface area contributed by atoms with E-state index in [1.54, 1.807) is 18.2 Å². The Balaban J connectivity index is 2.14. The lowest BCUT2D eigenvalue weighted by molar-refractivity contribution is -0.0498. The van der Waals surface area contributed by atoms with Crippen LogP contribution in [-0.2, 0) is 0 Å². The zero-order valence-electron chi connectivity index (χ0n) is 11.1. The number of alkyl halides is 2. The molecule has 1 N–H and O–H groups in total. The van der Waals surface area contributed by atoms with Gasteiger partial charge in [-0.2, -0.15) is 8.78 Å². The molecule has 6 heteroatoms. The van der Waals surface area contributed by atoms with Crippen LogP contribution in [0.3, 0.4) is 0 Å². The van der Waals surface area contributed by atoms with E-state index >= 15 is 0 Å². The van der Waals surface area contributed by atoms with E-state index in [0.717, 1.165) is 14.8 Å². The SMILES string of the molecule is CC(Nc1ccc(Cl)cc1I)c1cccc(OC(F)F)c1. The zero-order chi connectivity index (χ0) is 15.4. The van der Waals surface area contributed by atoms with Gasteiger partial charge in [-0.05, 0) is 65.4 Å². The molecule has 0 aliphatic carbocycles. The number of hydrogen-bond donors (Lipinski definition) is 1. The molecule has 0 aliphatic rings. The number of anilines is 1. The molecule has 2 aromatic carbocycles. The fourth-order valence-corrected chi connectivity index (χ4v) is 2.91. The molecule has 2 nitrogen and oxygen atoms in total. The van der Waals surface area contributed by atoms with Crippen LogP contribution >= 0.6 is 34.2 Å². The maximum Gasteiger partial charge on any atom is 0.387 e. The molecule has 2 aromatic rings. The van der Waals surface area contributed by atoms with Gasteiger partial charge in [0, 0.05) is 20.3 Å². The second kappa shape index (κ2) is 7.26. The summed E-state index contributed by atoms with van der Waals surface area (Å²) in [6.45, 7) is -0.868. The molecule has 0 saturated heterocycles. The Bertz CT molecular complexity index is 624. The van der Waals surface area contributed by atoms with Gasteiger partial charge in [-0.3, -0.25) is 0 Å². The fraction of sp³-hybridized carbons (Fsp3) is 0.200. The molecule has 0 bridgehead atoms. The van der Waals surface area contributed by atoms with E-state index in [0.29, 0.717) is 5.02 Å². The summed E-state index contributed by atoms with van der Waals surface area (Å²) in [5, 5.41) is 4.00. The first-order chi connectivity index (χ1) is 9.95. The van der Waals surface area contributed by atoms with Crippen molar-refractivity contribution in [2.45, 2.75) is 19.6 Å². The van der Waals surface area contributed by atoms with Crippen LogP contribution in [0.4, 0.5) is 14.5 Å². The highest BCUT2D eigenvalue weighted by molar-refractivity contribution is 14.1. The maximum absolute atomic E-state index is 12.2. The minimum atomic E-state index is -2.82. The van der Waals surface area contributed by atoms with Gasteiger partial charge in [0.15, 0.2) is 0 Å². The zero-order valence-corrected chi connectivity index (χ0v) is 14.0. The van der Waals surface area contributed by atoms with Crippen LogP contribution in [0.5, 0.6) is 5.75 Å². The fourth-order valence-electron chi connectivity index (χ4n) is 1.88. The second-order valence-corrected chi connectivity index (χ2v) is 6.04. The minimum Gasteiger partial charge on any atom is -0.435 e. The monoisotopic (exact) mass is 423 g/mol. The highest BCUT2D eigenvalue weighted by Gasteiger charge is 2.10. The average molecular weight is 424 g/mol. The number of ether oxygens (including phenoxy) is 1. The lowest BCUT2D eigenvalue weighted by atomic mass is 10.1. The lowest BCUT2D eigenvalue weighted by Gasteiger charge is -2.18. The van der Waals surface area contributed by atoms with E-state index in [1.807, 2.05) is 25.1 Å². The molecule has 2 rings (SSSR count). The quantitative estimate of drug-likeness (QED) is 0.621. The highest BCUT2D eigenvalue weighted by atomic mass is 127. The Labute approximate surface area is 140 Å². The van der Waals surface area contributed by atoms with Gasteiger partial charge in [0.1, 0.15) is 5.75 Å². The van der Waals surface area contributed by atoms with Gasteiger partial charge in [0.25, 0.3) is 0 Å². The van der Waals surface area contributed by atoms with Gasteiger partial charge in [0.2, 0.25) is 0 Å². The topological polar surface area (TPSA) is 21.3 Å². The number of benzene rings is 2. The predicted octanol–water partition coefficient (Wildman–Crippen LogP) is 5.72. The molecule has 0 heterocycles. The molecular formula is C15H13ClF2INO. The van der Waals surface area contributed by atoms with Gasteiger partial charge >= 0.3 is 6.61 Å². The van der Waals surface area contributed by atoms with E-state index in [4.69, 9.17) is 11.6 Å². The molecule has 0 radical (unpaired) electrons. The largest absolute Gasteiger partial charge is 0.435 e. The van der Waals surface area contributed by atoms with Crippen molar-refractivity contribution in [1.82, 2.24) is 0 Å². The summed E-state index contributed by atoms with van der Waals surface area (Å²) < 4.78 is 29.9. The van der Waals surface area contributed by atoms with E-state index < -0.39 is 6.61 Å². The van der Waals surface area contributed by atoms with Crippen molar-refractivity contribution in [2.75, 3.05) is 5.32 Å². The molecule has 112 valence electrons. The molecule has 0 spiro atoms. The summed E-state index contributed by atoms with van der Waals surface area (Å²) >= 11 is 8.11. The molecule has 0 fully saturated rings. The predicted molar refractivity (Wildman–Crippen MR) is 89.3 cm³/mol. The van der Waals surface area contributed by atoms with Crippen LogP contribution in [0.15, 0.2) is 42.5 Å². The van der Waals surface area contributed by atoms with Crippen LogP contribution in [-0.4, -0.2) is 6.61 Å². The first kappa shape index (κ1) is 16.3. The molecule has 1 unspecified atom stereocenters. The third kappa shape index (κ3) is 4.71. The molecule has 21 heavy (non-hydrogen) atoms. The van der Waals surface area contributed by atoms with Gasteiger partial charge in [0.05, 0.1) is 0 Å². The Morgan fingerprint density at radius 1 is 1.19 bits per heavy atom. The van der Waals surface area contributed by atoms with E-state index in [9.17, 15) is 8.78 Å². The number of hydrogen-bond acceptors (Lipinski definition) is 2. The minimum absolute atomic E-state index is 0.0547. The first-order valence-corrected chi connectivity index (χ1v) is 7.68. The molecule has 0 aromatic heterocycles. The van der Waals surface area contributed by atoms with E-state index in [1.165, 1.54) is 6.07 Å². The molecule has 0 saturated carbocycles. The van der Waals surface area contributed by atoms with Crippen molar-refractivity contribution < 1.29 is 13.5 Å². The summed E-state index contributed by atoms with van der Waals surface area (Å²) in [5.41, 5.74) is 1.80. The first-order valence-electron chi connectivity index (χ1n) is 6.22. The number of nitrogens with one attached hydrogen (secondary N) is 1. The number of rotatable bonds is 5. The third-order valence-electron chi connectivity index (χ3n) is 2.89. The summed E-state index contributed by atoms with van der Waals surface area (Å²) in [6.07, 6.45) is 0. The van der Waals surface area contributed by atoms with Gasteiger partial charge in [-0.1, -0.05) is 23.7 Å². The summed E-state index contributed by atoms with van der Waals surface area (Å²) in [7, 11) is 0. The molecular weight excluding hydrogens is 411 g/mol. The summed E-state index contributed by atoms with van der Waals surface area (Å²) in [4.78, 5) is 0. The van der Waals surface area contributed by atoms with Crippen molar-refractivity contribution in [3.8, 4) is 5.75 Å². The average Bonchev–Trinajstić information content (AvgIpc) is 2.41. The van der Waals surface area contributed by atoms with Crippen molar-refractivity contribution in [3.63, 3.8) is 0 Å². The Morgan fingerprint density at radius 2 is 1.95 bits per heavy atom. The van der Waals surface area contributed by atoms with E-state index in [2.05, 4.69) is 32.6 Å².